The molecule has 0 bridgehead atoms. The number of carbonyl (C=O) groups is 1. The molecule has 5 heteroatoms. The summed E-state index contributed by atoms with van der Waals surface area (Å²) < 4.78 is 6.26. The zero-order chi connectivity index (χ0) is 14.5. The molecule has 1 N–H and O–H groups in total. The van der Waals surface area contributed by atoms with Crippen LogP contribution >= 0.6 is 15.9 Å². The highest BCUT2D eigenvalue weighted by Gasteiger charge is 2.09. The van der Waals surface area contributed by atoms with E-state index in [2.05, 4.69) is 22.0 Å². The van der Waals surface area contributed by atoms with Crippen LogP contribution in [0.1, 0.15) is 21.5 Å². The van der Waals surface area contributed by atoms with Crippen LogP contribution in [-0.4, -0.2) is 11.1 Å². The molecule has 2 rings (SSSR count). The van der Waals surface area contributed by atoms with Gasteiger partial charge in [-0.15, -0.1) is 0 Å². The van der Waals surface area contributed by atoms with E-state index in [-0.39, 0.29) is 12.2 Å². The normalized spacial score (nSPS) is 9.80. The van der Waals surface area contributed by atoms with E-state index in [0.717, 1.165) is 5.56 Å². The van der Waals surface area contributed by atoms with Gasteiger partial charge in [-0.3, -0.25) is 0 Å². The first-order chi connectivity index (χ1) is 9.61. The minimum atomic E-state index is -1.01. The summed E-state index contributed by atoms with van der Waals surface area (Å²) >= 11 is 3.31. The van der Waals surface area contributed by atoms with Crippen LogP contribution in [0.5, 0.6) is 5.75 Å². The predicted octanol–water partition coefficient (Wildman–Crippen LogP) is 3.60. The number of hydrogen-bond donors (Lipinski definition) is 1. The van der Waals surface area contributed by atoms with Crippen LogP contribution in [0.15, 0.2) is 46.9 Å². The lowest BCUT2D eigenvalue weighted by Crippen LogP contribution is -2.01. The van der Waals surface area contributed by atoms with Crippen LogP contribution < -0.4 is 4.74 Å². The Morgan fingerprint density at radius 3 is 2.75 bits per heavy atom. The summed E-state index contributed by atoms with van der Waals surface area (Å²) in [6, 6.07) is 13.8. The molecular formula is C15H10BrNO3. The molecule has 2 aromatic rings. The molecule has 2 aromatic carbocycles. The van der Waals surface area contributed by atoms with E-state index in [9.17, 15) is 4.79 Å². The number of ether oxygens (including phenoxy) is 1. The minimum absolute atomic E-state index is 0.150. The van der Waals surface area contributed by atoms with Crippen molar-refractivity contribution in [3.05, 3.63) is 63.6 Å². The third-order valence-electron chi connectivity index (χ3n) is 2.70. The zero-order valence-electron chi connectivity index (χ0n) is 10.3. The van der Waals surface area contributed by atoms with Crippen molar-refractivity contribution < 1.29 is 14.6 Å². The van der Waals surface area contributed by atoms with Gasteiger partial charge in [0.1, 0.15) is 12.4 Å². The number of benzene rings is 2. The van der Waals surface area contributed by atoms with Crippen molar-refractivity contribution in [3.8, 4) is 11.8 Å². The lowest BCUT2D eigenvalue weighted by molar-refractivity contribution is 0.0696. The van der Waals surface area contributed by atoms with Crippen LogP contribution in [-0.2, 0) is 6.61 Å². The number of nitrogens with zero attached hydrogens (tertiary/aromatic N) is 1. The van der Waals surface area contributed by atoms with Gasteiger partial charge in [-0.25, -0.2) is 4.79 Å². The number of carboxylic acid groups (broad SMARTS) is 1. The van der Waals surface area contributed by atoms with E-state index in [4.69, 9.17) is 15.1 Å². The number of aromatic carboxylic acids is 1. The Morgan fingerprint density at radius 2 is 2.05 bits per heavy atom. The highest BCUT2D eigenvalue weighted by molar-refractivity contribution is 9.10. The molecule has 0 heterocycles. The summed E-state index contributed by atoms with van der Waals surface area (Å²) in [7, 11) is 0. The van der Waals surface area contributed by atoms with Crippen LogP contribution in [0.4, 0.5) is 0 Å². The first kappa shape index (κ1) is 14.1. The van der Waals surface area contributed by atoms with Gasteiger partial charge >= 0.3 is 5.97 Å². The molecular weight excluding hydrogens is 322 g/mol. The summed E-state index contributed by atoms with van der Waals surface area (Å²) in [4.78, 5) is 10.9. The van der Waals surface area contributed by atoms with E-state index in [0.29, 0.717) is 15.8 Å². The molecule has 0 unspecified atom stereocenters. The zero-order valence-corrected chi connectivity index (χ0v) is 11.9. The quantitative estimate of drug-likeness (QED) is 0.929. The highest BCUT2D eigenvalue weighted by Crippen LogP contribution is 2.27. The number of carboxylic acids is 1. The lowest BCUT2D eigenvalue weighted by Gasteiger charge is -2.10. The lowest BCUT2D eigenvalue weighted by atomic mass is 10.1. The monoisotopic (exact) mass is 331 g/mol. The Labute approximate surface area is 124 Å². The van der Waals surface area contributed by atoms with Crippen molar-refractivity contribution in [2.75, 3.05) is 0 Å². The maximum atomic E-state index is 10.9. The first-order valence-corrected chi connectivity index (χ1v) is 6.55. The topological polar surface area (TPSA) is 70.3 Å². The summed E-state index contributed by atoms with van der Waals surface area (Å²) in [6.07, 6.45) is 0. The molecule has 0 radical (unpaired) electrons. The van der Waals surface area contributed by atoms with Crippen molar-refractivity contribution in [1.82, 2.24) is 0 Å². The Morgan fingerprint density at radius 1 is 1.30 bits per heavy atom. The smallest absolute Gasteiger partial charge is 0.335 e. The van der Waals surface area contributed by atoms with Crippen molar-refractivity contribution in [2.24, 2.45) is 0 Å². The SMILES string of the molecule is N#Cc1ccccc1COc1cc(C(=O)O)ccc1Br. The van der Waals surface area contributed by atoms with E-state index in [1.807, 2.05) is 6.07 Å². The second-order valence-corrected chi connectivity index (χ2v) is 4.86. The van der Waals surface area contributed by atoms with Crippen molar-refractivity contribution in [3.63, 3.8) is 0 Å². The summed E-state index contributed by atoms with van der Waals surface area (Å²) in [5.74, 6) is -0.586. The van der Waals surface area contributed by atoms with E-state index in [1.54, 1.807) is 24.3 Å². The minimum Gasteiger partial charge on any atom is -0.488 e. The summed E-state index contributed by atoms with van der Waals surface area (Å²) in [6.45, 7) is 0.200. The van der Waals surface area contributed by atoms with Gasteiger partial charge < -0.3 is 9.84 Å². The molecule has 0 saturated heterocycles. The average Bonchev–Trinajstić information content (AvgIpc) is 2.46. The van der Waals surface area contributed by atoms with Crippen molar-refractivity contribution >= 4 is 21.9 Å². The van der Waals surface area contributed by atoms with Crippen molar-refractivity contribution in [1.29, 1.82) is 5.26 Å². The number of halogens is 1. The fourth-order valence-corrected chi connectivity index (χ4v) is 2.02. The van der Waals surface area contributed by atoms with Gasteiger partial charge in [-0.05, 0) is 40.2 Å². The second kappa shape index (κ2) is 6.22. The molecule has 0 aliphatic carbocycles. The molecule has 0 atom stereocenters. The van der Waals surface area contributed by atoms with Crippen molar-refractivity contribution in [2.45, 2.75) is 6.61 Å². The fraction of sp³-hybridized carbons (Fsp3) is 0.0667. The van der Waals surface area contributed by atoms with E-state index in [1.165, 1.54) is 12.1 Å². The Kier molecular flexibility index (Phi) is 4.38. The molecule has 0 spiro atoms. The van der Waals surface area contributed by atoms with Gasteiger partial charge in [0.05, 0.1) is 21.7 Å². The molecule has 4 nitrogen and oxygen atoms in total. The molecule has 0 aliphatic rings. The molecule has 0 aromatic heterocycles. The van der Waals surface area contributed by atoms with Gasteiger partial charge in [-0.1, -0.05) is 18.2 Å². The molecule has 100 valence electrons. The van der Waals surface area contributed by atoms with Crippen LogP contribution in [0.3, 0.4) is 0 Å². The van der Waals surface area contributed by atoms with Gasteiger partial charge in [0.15, 0.2) is 0 Å². The second-order valence-electron chi connectivity index (χ2n) is 4.01. The predicted molar refractivity (Wildman–Crippen MR) is 76.6 cm³/mol. The Hall–Kier alpha value is -2.32. The third kappa shape index (κ3) is 3.16. The van der Waals surface area contributed by atoms with Gasteiger partial charge in [0.25, 0.3) is 0 Å². The van der Waals surface area contributed by atoms with Gasteiger partial charge in [0.2, 0.25) is 0 Å². The van der Waals surface area contributed by atoms with Gasteiger partial charge in [0, 0.05) is 5.56 Å². The molecule has 0 amide bonds. The third-order valence-corrected chi connectivity index (χ3v) is 3.35. The standard InChI is InChI=1S/C15H10BrNO3/c16-13-6-5-10(15(18)19)7-14(13)20-9-12-4-2-1-3-11(12)8-17/h1-7H,9H2,(H,18,19). The summed E-state index contributed by atoms with van der Waals surface area (Å²) in [5.41, 5.74) is 1.44. The van der Waals surface area contributed by atoms with Crippen LogP contribution in [0.25, 0.3) is 0 Å². The van der Waals surface area contributed by atoms with E-state index < -0.39 is 5.97 Å². The fourth-order valence-electron chi connectivity index (χ4n) is 1.66. The molecule has 20 heavy (non-hydrogen) atoms. The van der Waals surface area contributed by atoms with E-state index >= 15 is 0 Å². The maximum absolute atomic E-state index is 10.9. The molecule has 0 fully saturated rings. The largest absolute Gasteiger partial charge is 0.488 e. The van der Waals surface area contributed by atoms with Gasteiger partial charge in [-0.2, -0.15) is 5.26 Å². The van der Waals surface area contributed by atoms with Crippen LogP contribution in [0, 0.1) is 11.3 Å². The highest BCUT2D eigenvalue weighted by atomic mass is 79.9. The summed E-state index contributed by atoms with van der Waals surface area (Å²) in [5, 5.41) is 17.9. The maximum Gasteiger partial charge on any atom is 0.335 e. The molecule has 0 saturated carbocycles. The van der Waals surface area contributed by atoms with Crippen LogP contribution in [0.2, 0.25) is 0 Å². The Balaban J connectivity index is 2.21. The molecule has 0 aliphatic heterocycles. The number of rotatable bonds is 4. The number of nitriles is 1. The Bertz CT molecular complexity index is 692. The average molecular weight is 332 g/mol. The number of hydrogen-bond acceptors (Lipinski definition) is 3. The first-order valence-electron chi connectivity index (χ1n) is 5.75.